The number of benzene rings is 2. The normalized spacial score (nSPS) is 12.1. The van der Waals surface area contributed by atoms with Crippen LogP contribution in [-0.4, -0.2) is 57.1 Å². The topological polar surface area (TPSA) is 86.8 Å². The Bertz CT molecular complexity index is 999. The summed E-state index contributed by atoms with van der Waals surface area (Å²) in [5.41, 5.74) is 1.03. The lowest BCUT2D eigenvalue weighted by atomic mass is 10.1. The molecule has 0 saturated carbocycles. The van der Waals surface area contributed by atoms with Crippen LogP contribution < -0.4 is 9.62 Å². The van der Waals surface area contributed by atoms with Crippen LogP contribution in [0.25, 0.3) is 0 Å². The first-order chi connectivity index (χ1) is 14.6. The number of hydrogen-bond donors (Lipinski definition) is 1. The van der Waals surface area contributed by atoms with Gasteiger partial charge in [0.05, 0.1) is 11.9 Å². The first kappa shape index (κ1) is 24.3. The molecular weight excluding hydrogens is 421 g/mol. The minimum Gasteiger partial charge on any atom is -0.355 e. The number of carbonyl (C=O) groups is 2. The van der Waals surface area contributed by atoms with Gasteiger partial charge in [-0.1, -0.05) is 36.4 Å². The van der Waals surface area contributed by atoms with E-state index >= 15 is 0 Å². The highest BCUT2D eigenvalue weighted by Crippen LogP contribution is 2.19. The van der Waals surface area contributed by atoms with Crippen LogP contribution in [0.5, 0.6) is 0 Å². The van der Waals surface area contributed by atoms with Crippen LogP contribution in [0.4, 0.5) is 10.1 Å². The monoisotopic (exact) mass is 449 g/mol. The van der Waals surface area contributed by atoms with E-state index < -0.39 is 34.3 Å². The number of rotatable bonds is 10. The third-order valence-corrected chi connectivity index (χ3v) is 5.92. The van der Waals surface area contributed by atoms with Crippen LogP contribution in [0.15, 0.2) is 54.6 Å². The van der Waals surface area contributed by atoms with Crippen molar-refractivity contribution >= 4 is 27.5 Å². The fraction of sp³-hybridized carbons (Fsp3) is 0.364. The van der Waals surface area contributed by atoms with Crippen LogP contribution in [-0.2, 0) is 26.0 Å². The molecule has 2 aromatic rings. The van der Waals surface area contributed by atoms with Crippen LogP contribution in [0.1, 0.15) is 19.4 Å². The molecule has 0 aliphatic heterocycles. The van der Waals surface area contributed by atoms with Crippen molar-refractivity contribution in [1.29, 1.82) is 0 Å². The average molecular weight is 450 g/mol. The van der Waals surface area contributed by atoms with E-state index in [4.69, 9.17) is 0 Å². The molecule has 0 spiro atoms. The lowest BCUT2D eigenvalue weighted by molar-refractivity contribution is -0.138. The van der Waals surface area contributed by atoms with E-state index in [1.54, 1.807) is 13.8 Å². The molecule has 0 aliphatic carbocycles. The minimum absolute atomic E-state index is 0.0459. The highest BCUT2D eigenvalue weighted by molar-refractivity contribution is 7.92. The molecule has 0 bridgehead atoms. The third-order valence-electron chi connectivity index (χ3n) is 4.78. The number of amides is 2. The van der Waals surface area contributed by atoms with Crippen LogP contribution in [0.3, 0.4) is 0 Å². The maximum Gasteiger partial charge on any atom is 0.244 e. The molecule has 0 aliphatic rings. The summed E-state index contributed by atoms with van der Waals surface area (Å²) in [5, 5.41) is 2.69. The van der Waals surface area contributed by atoms with Gasteiger partial charge in [0.25, 0.3) is 0 Å². The number of halogens is 1. The van der Waals surface area contributed by atoms with E-state index in [-0.39, 0.29) is 18.1 Å². The van der Waals surface area contributed by atoms with E-state index in [1.807, 2.05) is 30.3 Å². The first-order valence-electron chi connectivity index (χ1n) is 9.98. The molecule has 0 heterocycles. The van der Waals surface area contributed by atoms with Crippen LogP contribution in [0, 0.1) is 5.82 Å². The summed E-state index contributed by atoms with van der Waals surface area (Å²) in [5.74, 6) is -1.50. The highest BCUT2D eigenvalue weighted by atomic mass is 32.2. The van der Waals surface area contributed by atoms with Gasteiger partial charge in [0.15, 0.2) is 0 Å². The Hall–Kier alpha value is -2.94. The summed E-state index contributed by atoms with van der Waals surface area (Å²) in [6.45, 7) is 3.46. The second-order valence-corrected chi connectivity index (χ2v) is 9.05. The largest absolute Gasteiger partial charge is 0.355 e. The molecule has 168 valence electrons. The van der Waals surface area contributed by atoms with Gasteiger partial charge in [-0.3, -0.25) is 13.9 Å². The number of nitrogens with one attached hydrogen (secondary N) is 1. The fourth-order valence-electron chi connectivity index (χ4n) is 3.14. The molecule has 31 heavy (non-hydrogen) atoms. The Kier molecular flexibility index (Phi) is 8.56. The summed E-state index contributed by atoms with van der Waals surface area (Å²) in [6.07, 6.45) is 1.45. The van der Waals surface area contributed by atoms with E-state index in [0.717, 1.165) is 22.2 Å². The molecule has 0 fully saturated rings. The van der Waals surface area contributed by atoms with Gasteiger partial charge < -0.3 is 10.2 Å². The van der Waals surface area contributed by atoms with Gasteiger partial charge in [-0.2, -0.15) is 0 Å². The van der Waals surface area contributed by atoms with Gasteiger partial charge in [-0.25, -0.2) is 12.8 Å². The van der Waals surface area contributed by atoms with E-state index in [1.165, 1.54) is 23.1 Å². The van der Waals surface area contributed by atoms with Crippen molar-refractivity contribution in [2.75, 3.05) is 30.2 Å². The third kappa shape index (κ3) is 7.06. The van der Waals surface area contributed by atoms with Crippen LogP contribution >= 0.6 is 0 Å². The number of sulfonamides is 1. The van der Waals surface area contributed by atoms with Crippen molar-refractivity contribution < 1.29 is 22.4 Å². The van der Waals surface area contributed by atoms with Gasteiger partial charge in [0.1, 0.15) is 18.4 Å². The molecule has 7 nitrogen and oxygen atoms in total. The average Bonchev–Trinajstić information content (AvgIpc) is 2.72. The number of hydrogen-bond acceptors (Lipinski definition) is 4. The molecule has 1 atom stereocenters. The fourth-order valence-corrected chi connectivity index (χ4v) is 3.98. The van der Waals surface area contributed by atoms with Crippen molar-refractivity contribution in [1.82, 2.24) is 10.2 Å². The van der Waals surface area contributed by atoms with Crippen molar-refractivity contribution in [3.63, 3.8) is 0 Å². The maximum atomic E-state index is 13.7. The van der Waals surface area contributed by atoms with Crippen molar-refractivity contribution in [3.8, 4) is 0 Å². The lowest BCUT2D eigenvalue weighted by Crippen LogP contribution is -2.52. The molecule has 9 heteroatoms. The Balaban J connectivity index is 2.29. The number of likely N-dealkylation sites (N-methyl/N-ethyl adjacent to an activating group) is 1. The Morgan fingerprint density at radius 2 is 1.77 bits per heavy atom. The second-order valence-electron chi connectivity index (χ2n) is 7.14. The standard InChI is InChI=1S/C22H28FN3O4S/c1-4-24-22(28)17(2)25(14-13-18-9-6-5-7-10-18)21(27)16-26(31(3,29)30)20-12-8-11-19(23)15-20/h5-12,15,17H,4,13-14,16H2,1-3H3,(H,24,28)/t17-/m1/s1. The van der Waals surface area contributed by atoms with E-state index in [0.29, 0.717) is 13.0 Å². The number of anilines is 1. The summed E-state index contributed by atoms with van der Waals surface area (Å²) in [4.78, 5) is 26.9. The number of nitrogens with zero attached hydrogens (tertiary/aromatic N) is 2. The summed E-state index contributed by atoms with van der Waals surface area (Å²) in [7, 11) is -3.87. The molecular formula is C22H28FN3O4S. The molecule has 2 amide bonds. The van der Waals surface area contributed by atoms with E-state index in [2.05, 4.69) is 5.32 Å². The van der Waals surface area contributed by atoms with Gasteiger partial charge in [-0.15, -0.1) is 0 Å². The molecule has 2 aromatic carbocycles. The minimum atomic E-state index is -3.87. The lowest BCUT2D eigenvalue weighted by Gasteiger charge is -2.31. The van der Waals surface area contributed by atoms with E-state index in [9.17, 15) is 22.4 Å². The zero-order valence-corrected chi connectivity index (χ0v) is 18.7. The molecule has 0 saturated heterocycles. The van der Waals surface area contributed by atoms with Crippen molar-refractivity contribution in [2.45, 2.75) is 26.3 Å². The van der Waals surface area contributed by atoms with Gasteiger partial charge >= 0.3 is 0 Å². The molecule has 0 unspecified atom stereocenters. The smallest absolute Gasteiger partial charge is 0.244 e. The quantitative estimate of drug-likeness (QED) is 0.602. The highest BCUT2D eigenvalue weighted by Gasteiger charge is 2.29. The van der Waals surface area contributed by atoms with Crippen molar-refractivity contribution in [3.05, 3.63) is 66.0 Å². The SMILES string of the molecule is CCNC(=O)[C@@H](C)N(CCc1ccccc1)C(=O)CN(c1cccc(F)c1)S(C)(=O)=O. The Labute approximate surface area is 182 Å². The number of carbonyl (C=O) groups excluding carboxylic acids is 2. The molecule has 0 radical (unpaired) electrons. The van der Waals surface area contributed by atoms with Gasteiger partial charge in [0.2, 0.25) is 21.8 Å². The molecule has 0 aromatic heterocycles. The summed E-state index contributed by atoms with van der Waals surface area (Å²) in [6, 6.07) is 13.7. The first-order valence-corrected chi connectivity index (χ1v) is 11.8. The predicted octanol–water partition coefficient (Wildman–Crippen LogP) is 2.19. The Morgan fingerprint density at radius 3 is 2.35 bits per heavy atom. The molecule has 1 N–H and O–H groups in total. The summed E-state index contributed by atoms with van der Waals surface area (Å²) < 4.78 is 39.2. The second kappa shape index (κ2) is 10.9. The zero-order chi connectivity index (χ0) is 23.0. The zero-order valence-electron chi connectivity index (χ0n) is 17.9. The summed E-state index contributed by atoms with van der Waals surface area (Å²) >= 11 is 0. The van der Waals surface area contributed by atoms with Gasteiger partial charge in [0, 0.05) is 13.1 Å². The van der Waals surface area contributed by atoms with Crippen molar-refractivity contribution in [2.24, 2.45) is 0 Å². The predicted molar refractivity (Wildman–Crippen MR) is 119 cm³/mol. The maximum absolute atomic E-state index is 13.7. The van der Waals surface area contributed by atoms with Crippen LogP contribution in [0.2, 0.25) is 0 Å². The van der Waals surface area contributed by atoms with Gasteiger partial charge in [-0.05, 0) is 44.0 Å². The molecule has 2 rings (SSSR count). The Morgan fingerprint density at radius 1 is 1.10 bits per heavy atom.